The molecule has 0 N–H and O–H groups in total. The van der Waals surface area contributed by atoms with Crippen molar-refractivity contribution < 1.29 is 18.9 Å². The van der Waals surface area contributed by atoms with Crippen LogP contribution in [-0.2, 0) is 20.7 Å². The molecule has 1 unspecified atom stereocenters. The lowest BCUT2D eigenvalue weighted by Crippen LogP contribution is -2.33. The Bertz CT molecular complexity index is 1330. The standard InChI is InChI=1S/C34H43O4P/c1-23-20-24(2)30(25(3)28(23)22-38-31(35)29(34(7,8)9)21-33(4,5)6)32(36)39(37,26-16-12-10-13-17-26)27-18-14-11-15-19-27/h10-20,29H,21-22H2,1-9H3. The molecule has 3 aromatic rings. The van der Waals surface area contributed by atoms with Gasteiger partial charge in [-0.1, -0.05) is 108 Å². The lowest BCUT2D eigenvalue weighted by atomic mass is 9.72. The maximum absolute atomic E-state index is 14.8. The van der Waals surface area contributed by atoms with Crippen LogP contribution in [-0.4, -0.2) is 11.5 Å². The van der Waals surface area contributed by atoms with E-state index in [0.717, 1.165) is 16.7 Å². The van der Waals surface area contributed by atoms with Crippen molar-refractivity contribution in [2.24, 2.45) is 16.7 Å². The van der Waals surface area contributed by atoms with Gasteiger partial charge in [-0.25, -0.2) is 0 Å². The summed E-state index contributed by atoms with van der Waals surface area (Å²) in [7, 11) is -3.67. The van der Waals surface area contributed by atoms with E-state index in [1.807, 2.05) is 39.0 Å². The Hall–Kier alpha value is -2.97. The molecule has 0 aromatic heterocycles. The fraction of sp³-hybridized carbons (Fsp3) is 0.412. The quantitative estimate of drug-likeness (QED) is 0.213. The van der Waals surface area contributed by atoms with Gasteiger partial charge in [0.15, 0.2) is 0 Å². The average Bonchev–Trinajstić information content (AvgIpc) is 2.86. The summed E-state index contributed by atoms with van der Waals surface area (Å²) >= 11 is 0. The maximum Gasteiger partial charge on any atom is 0.309 e. The first-order chi connectivity index (χ1) is 18.1. The molecule has 0 aliphatic heterocycles. The zero-order valence-electron chi connectivity index (χ0n) is 24.9. The molecule has 0 aliphatic carbocycles. The van der Waals surface area contributed by atoms with Crippen LogP contribution in [0, 0.1) is 37.5 Å². The monoisotopic (exact) mass is 546 g/mol. The van der Waals surface area contributed by atoms with Gasteiger partial charge in [0.05, 0.1) is 5.92 Å². The van der Waals surface area contributed by atoms with Crippen LogP contribution in [0.4, 0.5) is 0 Å². The van der Waals surface area contributed by atoms with Crippen molar-refractivity contribution in [2.75, 3.05) is 0 Å². The summed E-state index contributed by atoms with van der Waals surface area (Å²) < 4.78 is 20.7. The van der Waals surface area contributed by atoms with Crippen molar-refractivity contribution in [2.45, 2.75) is 75.3 Å². The van der Waals surface area contributed by atoms with E-state index < -0.39 is 12.7 Å². The summed E-state index contributed by atoms with van der Waals surface area (Å²) in [5.41, 5.74) is 2.95. The van der Waals surface area contributed by atoms with Gasteiger partial charge >= 0.3 is 5.97 Å². The Morgan fingerprint density at radius 1 is 0.795 bits per heavy atom. The molecule has 0 heterocycles. The van der Waals surface area contributed by atoms with Gasteiger partial charge in [0, 0.05) is 16.2 Å². The number of carbonyl (C=O) groups excluding carboxylic acids is 2. The van der Waals surface area contributed by atoms with Crippen molar-refractivity contribution in [3.63, 3.8) is 0 Å². The normalized spacial score (nSPS) is 13.2. The number of esters is 1. The van der Waals surface area contributed by atoms with Crippen LogP contribution in [0.2, 0.25) is 0 Å². The Balaban J connectivity index is 2.05. The van der Waals surface area contributed by atoms with Gasteiger partial charge in [-0.05, 0) is 60.3 Å². The van der Waals surface area contributed by atoms with Crippen LogP contribution in [0.3, 0.4) is 0 Å². The third-order valence-corrected chi connectivity index (χ3v) is 10.2. The molecule has 0 radical (unpaired) electrons. The van der Waals surface area contributed by atoms with Crippen LogP contribution >= 0.6 is 7.14 Å². The summed E-state index contributed by atoms with van der Waals surface area (Å²) in [4.78, 5) is 27.7. The molecule has 208 valence electrons. The molecule has 0 amide bonds. The Morgan fingerprint density at radius 3 is 1.72 bits per heavy atom. The van der Waals surface area contributed by atoms with E-state index in [-0.39, 0.29) is 29.3 Å². The molecule has 1 atom stereocenters. The molecule has 0 aliphatic rings. The molecule has 3 aromatic carbocycles. The van der Waals surface area contributed by atoms with Gasteiger partial charge in [0.1, 0.15) is 6.61 Å². The van der Waals surface area contributed by atoms with E-state index >= 15 is 0 Å². The smallest absolute Gasteiger partial charge is 0.309 e. The van der Waals surface area contributed by atoms with Gasteiger partial charge < -0.3 is 9.30 Å². The average molecular weight is 547 g/mol. The van der Waals surface area contributed by atoms with Crippen LogP contribution in [0.5, 0.6) is 0 Å². The Labute approximate surface area is 234 Å². The first kappa shape index (κ1) is 30.6. The highest BCUT2D eigenvalue weighted by Gasteiger charge is 2.39. The highest BCUT2D eigenvalue weighted by Crippen LogP contribution is 2.48. The summed E-state index contributed by atoms with van der Waals surface area (Å²) in [6.45, 7) is 18.3. The van der Waals surface area contributed by atoms with E-state index in [0.29, 0.717) is 28.2 Å². The first-order valence-electron chi connectivity index (χ1n) is 13.6. The van der Waals surface area contributed by atoms with Crippen molar-refractivity contribution in [1.82, 2.24) is 0 Å². The Morgan fingerprint density at radius 2 is 1.28 bits per heavy atom. The summed E-state index contributed by atoms with van der Waals surface area (Å²) in [6, 6.07) is 19.9. The number of aryl methyl sites for hydroxylation is 2. The van der Waals surface area contributed by atoms with E-state index in [9.17, 15) is 14.2 Å². The highest BCUT2D eigenvalue weighted by molar-refractivity contribution is 7.93. The predicted octanol–water partition coefficient (Wildman–Crippen LogP) is 7.91. The lowest BCUT2D eigenvalue weighted by molar-refractivity contribution is -0.155. The largest absolute Gasteiger partial charge is 0.461 e. The second-order valence-corrected chi connectivity index (χ2v) is 15.5. The SMILES string of the molecule is Cc1cc(C)c(C(=O)P(=O)(c2ccccc2)c2ccccc2)c(C)c1COC(=O)C(CC(C)(C)C)C(C)(C)C. The zero-order valence-corrected chi connectivity index (χ0v) is 25.8. The minimum atomic E-state index is -3.67. The van der Waals surface area contributed by atoms with E-state index in [1.54, 1.807) is 48.5 Å². The maximum atomic E-state index is 14.8. The predicted molar refractivity (Wildman–Crippen MR) is 162 cm³/mol. The molecule has 39 heavy (non-hydrogen) atoms. The summed E-state index contributed by atoms with van der Waals surface area (Å²) in [5, 5.41) is 1.01. The van der Waals surface area contributed by atoms with Crippen molar-refractivity contribution in [1.29, 1.82) is 0 Å². The molecule has 0 fully saturated rings. The van der Waals surface area contributed by atoms with Crippen molar-refractivity contribution in [3.05, 3.63) is 94.5 Å². The molecule has 0 saturated heterocycles. The molecule has 0 spiro atoms. The number of hydrogen-bond acceptors (Lipinski definition) is 4. The summed E-state index contributed by atoms with van der Waals surface area (Å²) in [5.74, 6) is -0.495. The number of rotatable bonds is 8. The van der Waals surface area contributed by atoms with Gasteiger partial charge in [0.25, 0.3) is 0 Å². The molecule has 4 nitrogen and oxygen atoms in total. The molecule has 3 rings (SSSR count). The molecule has 0 bridgehead atoms. The second kappa shape index (κ2) is 11.6. The van der Waals surface area contributed by atoms with Crippen LogP contribution in [0.25, 0.3) is 0 Å². The van der Waals surface area contributed by atoms with Gasteiger partial charge in [0.2, 0.25) is 12.7 Å². The third kappa shape index (κ3) is 6.79. The molecular formula is C34H43O4P. The number of ether oxygens (including phenoxy) is 1. The van der Waals surface area contributed by atoms with Crippen LogP contribution < -0.4 is 10.6 Å². The van der Waals surface area contributed by atoms with Gasteiger partial charge in [-0.15, -0.1) is 0 Å². The minimum Gasteiger partial charge on any atom is -0.461 e. The summed E-state index contributed by atoms with van der Waals surface area (Å²) in [6.07, 6.45) is 0.711. The van der Waals surface area contributed by atoms with Crippen molar-refractivity contribution >= 4 is 29.2 Å². The Kier molecular flexibility index (Phi) is 9.13. The number of benzene rings is 3. The van der Waals surface area contributed by atoms with Crippen LogP contribution in [0.15, 0.2) is 66.7 Å². The van der Waals surface area contributed by atoms with Gasteiger partial charge in [-0.2, -0.15) is 0 Å². The topological polar surface area (TPSA) is 60.4 Å². The fourth-order valence-electron chi connectivity index (χ4n) is 5.19. The molecule has 0 saturated carbocycles. The molecular weight excluding hydrogens is 503 g/mol. The van der Waals surface area contributed by atoms with E-state index in [2.05, 4.69) is 41.5 Å². The zero-order chi connectivity index (χ0) is 29.2. The first-order valence-corrected chi connectivity index (χ1v) is 15.3. The third-order valence-electron chi connectivity index (χ3n) is 7.38. The second-order valence-electron chi connectivity index (χ2n) is 12.9. The molecule has 5 heteroatoms. The minimum absolute atomic E-state index is 0.0255. The van der Waals surface area contributed by atoms with Crippen LogP contribution in [0.1, 0.15) is 80.6 Å². The fourth-order valence-corrected chi connectivity index (χ4v) is 7.80. The van der Waals surface area contributed by atoms with Crippen molar-refractivity contribution in [3.8, 4) is 0 Å². The number of carbonyl (C=O) groups is 2. The number of hydrogen-bond donors (Lipinski definition) is 0. The lowest BCUT2D eigenvalue weighted by Gasteiger charge is -2.34. The van der Waals surface area contributed by atoms with E-state index in [4.69, 9.17) is 4.74 Å². The highest BCUT2D eigenvalue weighted by atomic mass is 31.2. The van der Waals surface area contributed by atoms with Gasteiger partial charge in [-0.3, -0.25) is 9.59 Å². The van der Waals surface area contributed by atoms with E-state index in [1.165, 1.54) is 0 Å².